The Morgan fingerprint density at radius 3 is 2.93 bits per heavy atom. The van der Waals surface area contributed by atoms with Gasteiger partial charge in [0.2, 0.25) is 0 Å². The smallest absolute Gasteiger partial charge is 0.322 e. The number of rotatable bonds is 3. The number of aliphatic carboxylic acids is 1. The number of carbonyl (C=O) groups is 1. The number of fused-ring (bicyclic) bond motifs is 1. The van der Waals surface area contributed by atoms with Gasteiger partial charge in [0.15, 0.2) is 11.0 Å². The van der Waals surface area contributed by atoms with E-state index in [4.69, 9.17) is 10.8 Å². The highest BCUT2D eigenvalue weighted by Gasteiger charge is 2.10. The van der Waals surface area contributed by atoms with Crippen LogP contribution in [-0.4, -0.2) is 27.9 Å². The van der Waals surface area contributed by atoms with E-state index < -0.39 is 5.97 Å². The fourth-order valence-corrected chi connectivity index (χ4v) is 1.20. The maximum Gasteiger partial charge on any atom is 0.322 e. The number of nitrogens with zero attached hydrogens (tertiary/aromatic N) is 2. The van der Waals surface area contributed by atoms with Crippen molar-refractivity contribution >= 4 is 28.4 Å². The molecule has 0 fully saturated rings. The lowest BCUT2D eigenvalue weighted by atomic mass is 10.2. The first-order valence-corrected chi connectivity index (χ1v) is 4.15. The molecule has 4 N–H and O–H groups in total. The zero-order chi connectivity index (χ0) is 10.8. The van der Waals surface area contributed by atoms with Crippen LogP contribution in [0.4, 0.5) is 11.4 Å². The summed E-state index contributed by atoms with van der Waals surface area (Å²) in [7, 11) is 0. The van der Waals surface area contributed by atoms with Gasteiger partial charge in [-0.15, -0.1) is 0 Å². The second-order valence-corrected chi connectivity index (χ2v) is 2.91. The van der Waals surface area contributed by atoms with Crippen LogP contribution in [-0.2, 0) is 4.79 Å². The van der Waals surface area contributed by atoms with E-state index >= 15 is 0 Å². The molecule has 1 heterocycles. The Bertz CT molecular complexity index is 508. The maximum absolute atomic E-state index is 10.4. The van der Waals surface area contributed by atoms with Crippen molar-refractivity contribution in [2.75, 3.05) is 17.6 Å². The lowest BCUT2D eigenvalue weighted by Crippen LogP contribution is -2.12. The van der Waals surface area contributed by atoms with E-state index in [2.05, 4.69) is 20.3 Å². The Hall–Kier alpha value is -2.31. The number of carboxylic acid groups (broad SMARTS) is 1. The molecule has 0 aliphatic rings. The van der Waals surface area contributed by atoms with Crippen molar-refractivity contribution in [3.63, 3.8) is 0 Å². The first-order valence-electron chi connectivity index (χ1n) is 4.15. The van der Waals surface area contributed by atoms with Crippen LogP contribution in [0.25, 0.3) is 11.0 Å². The minimum Gasteiger partial charge on any atom is -0.480 e. The minimum atomic E-state index is -0.962. The highest BCUT2D eigenvalue weighted by atomic mass is 16.6. The average molecular weight is 208 g/mol. The molecule has 2 rings (SSSR count). The number of nitrogens with two attached hydrogens (primary N) is 1. The lowest BCUT2D eigenvalue weighted by molar-refractivity contribution is -0.134. The Balaban J connectivity index is 2.39. The molecule has 0 aliphatic heterocycles. The first kappa shape index (κ1) is 9.25. The van der Waals surface area contributed by atoms with Crippen molar-refractivity contribution in [1.29, 1.82) is 0 Å². The summed E-state index contributed by atoms with van der Waals surface area (Å²) >= 11 is 0. The Kier molecular flexibility index (Phi) is 2.13. The van der Waals surface area contributed by atoms with Gasteiger partial charge in [-0.25, -0.2) is 4.63 Å². The summed E-state index contributed by atoms with van der Waals surface area (Å²) in [6.45, 7) is -0.203. The van der Waals surface area contributed by atoms with Crippen LogP contribution in [0.1, 0.15) is 0 Å². The van der Waals surface area contributed by atoms with Crippen molar-refractivity contribution in [3.8, 4) is 0 Å². The van der Waals surface area contributed by atoms with Crippen molar-refractivity contribution in [1.82, 2.24) is 10.3 Å². The molecule has 0 atom stereocenters. The number of benzene rings is 1. The number of nitrogen functional groups attached to an aromatic ring is 1. The Labute approximate surface area is 83.8 Å². The molecule has 7 heteroatoms. The van der Waals surface area contributed by atoms with E-state index in [1.807, 2.05) is 0 Å². The molecular weight excluding hydrogens is 200 g/mol. The molecule has 2 aromatic rings. The summed E-state index contributed by atoms with van der Waals surface area (Å²) in [5.41, 5.74) is 7.44. The maximum atomic E-state index is 10.4. The average Bonchev–Trinajstić information content (AvgIpc) is 2.66. The lowest BCUT2D eigenvalue weighted by Gasteiger charge is -2.03. The van der Waals surface area contributed by atoms with Crippen LogP contribution in [0.15, 0.2) is 16.8 Å². The second-order valence-electron chi connectivity index (χ2n) is 2.91. The Morgan fingerprint density at radius 2 is 2.20 bits per heavy atom. The summed E-state index contributed by atoms with van der Waals surface area (Å²) in [5, 5.41) is 18.4. The van der Waals surface area contributed by atoms with Gasteiger partial charge < -0.3 is 16.2 Å². The minimum absolute atomic E-state index is 0.203. The molecule has 78 valence electrons. The van der Waals surface area contributed by atoms with Crippen molar-refractivity contribution in [2.45, 2.75) is 0 Å². The fraction of sp³-hybridized carbons (Fsp3) is 0.125. The molecule has 0 unspecified atom stereocenters. The van der Waals surface area contributed by atoms with Gasteiger partial charge in [0.05, 0.1) is 11.4 Å². The van der Waals surface area contributed by atoms with Crippen molar-refractivity contribution in [2.24, 2.45) is 0 Å². The largest absolute Gasteiger partial charge is 0.480 e. The van der Waals surface area contributed by atoms with Gasteiger partial charge in [-0.1, -0.05) is 0 Å². The monoisotopic (exact) mass is 208 g/mol. The highest BCUT2D eigenvalue weighted by Crippen LogP contribution is 2.24. The summed E-state index contributed by atoms with van der Waals surface area (Å²) in [4.78, 5) is 10.4. The van der Waals surface area contributed by atoms with E-state index in [0.717, 1.165) is 0 Å². The molecular formula is C8H8N4O3. The van der Waals surface area contributed by atoms with Gasteiger partial charge in [-0.05, 0) is 22.4 Å². The molecule has 0 saturated heterocycles. The summed E-state index contributed by atoms with van der Waals surface area (Å²) < 4.78 is 4.53. The number of aromatic nitrogens is 2. The normalized spacial score (nSPS) is 10.4. The zero-order valence-corrected chi connectivity index (χ0v) is 7.60. The second kappa shape index (κ2) is 3.45. The van der Waals surface area contributed by atoms with Gasteiger partial charge in [0.1, 0.15) is 6.54 Å². The van der Waals surface area contributed by atoms with Gasteiger partial charge in [-0.3, -0.25) is 4.79 Å². The SMILES string of the molecule is Nc1ccc(NCC(=O)O)c2nonc12. The number of anilines is 2. The highest BCUT2D eigenvalue weighted by molar-refractivity contribution is 5.95. The number of hydrogen-bond acceptors (Lipinski definition) is 6. The number of carboxylic acids is 1. The standard InChI is InChI=1S/C8H8N4O3/c9-4-1-2-5(10-3-6(13)14)8-7(4)11-15-12-8/h1-2,10H,3,9H2,(H,13,14). The molecule has 0 amide bonds. The molecule has 1 aromatic carbocycles. The third kappa shape index (κ3) is 1.66. The zero-order valence-electron chi connectivity index (χ0n) is 7.60. The van der Waals surface area contributed by atoms with Crippen LogP contribution in [0.5, 0.6) is 0 Å². The summed E-state index contributed by atoms with van der Waals surface area (Å²) in [5.74, 6) is -0.962. The molecule has 7 nitrogen and oxygen atoms in total. The summed E-state index contributed by atoms with van der Waals surface area (Å²) in [6, 6.07) is 3.24. The van der Waals surface area contributed by atoms with Crippen LogP contribution in [0, 0.1) is 0 Å². The number of nitrogens with one attached hydrogen (secondary N) is 1. The van der Waals surface area contributed by atoms with Crippen LogP contribution < -0.4 is 11.1 Å². The molecule has 15 heavy (non-hydrogen) atoms. The van der Waals surface area contributed by atoms with Crippen LogP contribution in [0.2, 0.25) is 0 Å². The first-order chi connectivity index (χ1) is 7.18. The van der Waals surface area contributed by atoms with Crippen LogP contribution >= 0.6 is 0 Å². The van der Waals surface area contributed by atoms with Gasteiger partial charge in [0.25, 0.3) is 0 Å². The van der Waals surface area contributed by atoms with E-state index in [1.165, 1.54) is 0 Å². The topological polar surface area (TPSA) is 114 Å². The van der Waals surface area contributed by atoms with Crippen molar-refractivity contribution < 1.29 is 14.5 Å². The van der Waals surface area contributed by atoms with Crippen LogP contribution in [0.3, 0.4) is 0 Å². The third-order valence-electron chi connectivity index (χ3n) is 1.88. The molecule has 0 radical (unpaired) electrons. The molecule has 0 spiro atoms. The van der Waals surface area contributed by atoms with Gasteiger partial charge in [-0.2, -0.15) is 0 Å². The Morgan fingerprint density at radius 1 is 1.47 bits per heavy atom. The molecule has 1 aromatic heterocycles. The van der Waals surface area contributed by atoms with Gasteiger partial charge in [0, 0.05) is 0 Å². The van der Waals surface area contributed by atoms with E-state index in [9.17, 15) is 4.79 Å². The van der Waals surface area contributed by atoms with E-state index in [0.29, 0.717) is 22.4 Å². The van der Waals surface area contributed by atoms with E-state index in [1.54, 1.807) is 12.1 Å². The predicted octanol–water partition coefficient (Wildman–Crippen LogP) is 0.301. The fourth-order valence-electron chi connectivity index (χ4n) is 1.20. The number of hydrogen-bond donors (Lipinski definition) is 3. The molecule has 0 saturated carbocycles. The van der Waals surface area contributed by atoms with E-state index in [-0.39, 0.29) is 6.54 Å². The van der Waals surface area contributed by atoms with Gasteiger partial charge >= 0.3 is 5.97 Å². The summed E-state index contributed by atoms with van der Waals surface area (Å²) in [6.07, 6.45) is 0. The molecule has 0 bridgehead atoms. The third-order valence-corrected chi connectivity index (χ3v) is 1.88. The quantitative estimate of drug-likeness (QED) is 0.621. The predicted molar refractivity (Wildman–Crippen MR) is 52.3 cm³/mol. The van der Waals surface area contributed by atoms with Crippen molar-refractivity contribution in [3.05, 3.63) is 12.1 Å². The molecule has 0 aliphatic carbocycles.